The predicted molar refractivity (Wildman–Crippen MR) is 126 cm³/mol. The fourth-order valence-corrected chi connectivity index (χ4v) is 4.64. The molecule has 0 amide bonds. The Bertz CT molecular complexity index is 881. The van der Waals surface area contributed by atoms with Crippen LogP contribution in [0, 0.1) is 5.92 Å². The van der Waals surface area contributed by atoms with Gasteiger partial charge in [0, 0.05) is 12.2 Å². The Hall–Kier alpha value is -2.82. The second-order valence-electron chi connectivity index (χ2n) is 8.39. The quantitative estimate of drug-likeness (QED) is 0.413. The van der Waals surface area contributed by atoms with E-state index in [1.807, 2.05) is 84.9 Å². The molecule has 3 aromatic carbocycles. The number of nitrogen functional groups attached to an aromatic ring is 1. The minimum Gasteiger partial charge on any atom is -0.494 e. The number of likely N-dealkylation sites (tertiary alicyclic amines) is 1. The van der Waals surface area contributed by atoms with Gasteiger partial charge in [-0.15, -0.1) is 0 Å². The van der Waals surface area contributed by atoms with Gasteiger partial charge in [-0.05, 0) is 73.7 Å². The molecule has 4 nitrogen and oxygen atoms in total. The highest BCUT2D eigenvalue weighted by Crippen LogP contribution is 2.41. The van der Waals surface area contributed by atoms with Crippen LogP contribution in [-0.2, 0) is 5.60 Å². The zero-order valence-corrected chi connectivity index (χ0v) is 18.0. The van der Waals surface area contributed by atoms with Crippen LogP contribution in [0.2, 0.25) is 0 Å². The summed E-state index contributed by atoms with van der Waals surface area (Å²) in [5.41, 5.74) is 7.48. The summed E-state index contributed by atoms with van der Waals surface area (Å²) >= 11 is 0. The van der Waals surface area contributed by atoms with Crippen LogP contribution >= 0.6 is 0 Å². The number of ether oxygens (including phenoxy) is 1. The monoisotopic (exact) mass is 416 g/mol. The minimum atomic E-state index is -0.952. The molecule has 1 aliphatic heterocycles. The molecule has 4 rings (SSSR count). The largest absolute Gasteiger partial charge is 0.494 e. The molecule has 1 heterocycles. The summed E-state index contributed by atoms with van der Waals surface area (Å²) in [6.45, 7) is 3.70. The number of benzene rings is 3. The maximum Gasteiger partial charge on any atom is 0.119 e. The second kappa shape index (κ2) is 9.99. The lowest BCUT2D eigenvalue weighted by molar-refractivity contribution is -0.0146. The number of nitrogens with two attached hydrogens (primary N) is 1. The van der Waals surface area contributed by atoms with Crippen molar-refractivity contribution in [3.63, 3.8) is 0 Å². The number of hydrogen-bond donors (Lipinski definition) is 2. The molecule has 162 valence electrons. The average Bonchev–Trinajstić information content (AvgIpc) is 2.84. The first kappa shape index (κ1) is 21.4. The zero-order chi connectivity index (χ0) is 21.5. The second-order valence-corrected chi connectivity index (χ2v) is 8.39. The summed E-state index contributed by atoms with van der Waals surface area (Å²) in [5.74, 6) is 1.06. The van der Waals surface area contributed by atoms with Crippen molar-refractivity contribution in [3.8, 4) is 5.75 Å². The van der Waals surface area contributed by atoms with Crippen LogP contribution in [0.3, 0.4) is 0 Å². The predicted octanol–water partition coefficient (Wildman–Crippen LogP) is 4.69. The molecular formula is C27H32N2O2. The van der Waals surface area contributed by atoms with Gasteiger partial charge < -0.3 is 20.5 Å². The smallest absolute Gasteiger partial charge is 0.119 e. The van der Waals surface area contributed by atoms with E-state index in [0.29, 0.717) is 6.61 Å². The van der Waals surface area contributed by atoms with E-state index in [4.69, 9.17) is 10.5 Å². The Balaban J connectivity index is 1.33. The lowest BCUT2D eigenvalue weighted by Crippen LogP contribution is -2.44. The van der Waals surface area contributed by atoms with Crippen LogP contribution in [0.4, 0.5) is 5.69 Å². The summed E-state index contributed by atoms with van der Waals surface area (Å²) in [6, 6.07) is 27.8. The van der Waals surface area contributed by atoms with Gasteiger partial charge >= 0.3 is 0 Å². The van der Waals surface area contributed by atoms with Gasteiger partial charge in [-0.3, -0.25) is 0 Å². The molecule has 1 fully saturated rings. The number of aliphatic hydroxyl groups is 1. The van der Waals surface area contributed by atoms with E-state index in [2.05, 4.69) is 4.90 Å². The van der Waals surface area contributed by atoms with Gasteiger partial charge in [0.15, 0.2) is 0 Å². The third-order valence-electron chi connectivity index (χ3n) is 6.37. The first-order valence-corrected chi connectivity index (χ1v) is 11.2. The molecule has 0 bridgehead atoms. The number of anilines is 1. The summed E-state index contributed by atoms with van der Waals surface area (Å²) in [5, 5.41) is 12.0. The molecule has 0 radical (unpaired) electrons. The molecule has 0 atom stereocenters. The maximum absolute atomic E-state index is 12.0. The van der Waals surface area contributed by atoms with Gasteiger partial charge in [-0.1, -0.05) is 60.7 Å². The highest BCUT2D eigenvalue weighted by atomic mass is 16.5. The van der Waals surface area contributed by atoms with E-state index in [-0.39, 0.29) is 5.92 Å². The van der Waals surface area contributed by atoms with Crippen LogP contribution in [0.25, 0.3) is 0 Å². The van der Waals surface area contributed by atoms with Crippen molar-refractivity contribution in [2.24, 2.45) is 5.92 Å². The Morgan fingerprint density at radius 1 is 0.839 bits per heavy atom. The third-order valence-corrected chi connectivity index (χ3v) is 6.37. The van der Waals surface area contributed by atoms with E-state index in [9.17, 15) is 5.11 Å². The summed E-state index contributed by atoms with van der Waals surface area (Å²) in [7, 11) is 0. The van der Waals surface area contributed by atoms with Gasteiger partial charge in [0.25, 0.3) is 0 Å². The summed E-state index contributed by atoms with van der Waals surface area (Å²) < 4.78 is 5.82. The van der Waals surface area contributed by atoms with E-state index < -0.39 is 5.60 Å². The molecule has 0 spiro atoms. The molecule has 1 aliphatic rings. The Morgan fingerprint density at radius 2 is 1.39 bits per heavy atom. The lowest BCUT2D eigenvalue weighted by atomic mass is 9.72. The molecule has 0 aromatic heterocycles. The molecule has 3 aromatic rings. The number of hydrogen-bond acceptors (Lipinski definition) is 4. The Morgan fingerprint density at radius 3 is 1.94 bits per heavy atom. The van der Waals surface area contributed by atoms with Gasteiger partial charge in [-0.2, -0.15) is 0 Å². The van der Waals surface area contributed by atoms with Crippen molar-refractivity contribution in [1.29, 1.82) is 0 Å². The van der Waals surface area contributed by atoms with E-state index >= 15 is 0 Å². The molecule has 0 saturated carbocycles. The Labute approximate surface area is 185 Å². The van der Waals surface area contributed by atoms with Crippen LogP contribution in [0.5, 0.6) is 5.75 Å². The first-order chi connectivity index (χ1) is 15.2. The maximum atomic E-state index is 12.0. The Kier molecular flexibility index (Phi) is 6.90. The number of nitrogens with zero attached hydrogens (tertiary/aromatic N) is 1. The van der Waals surface area contributed by atoms with Crippen molar-refractivity contribution < 1.29 is 9.84 Å². The standard InChI is InChI=1S/C27H32N2O2/c28-25-12-14-26(15-13-25)31-21-7-18-29-19-16-24(17-20-29)27(30,22-8-3-1-4-9-22)23-10-5-2-6-11-23/h1-6,8-15,24,30H,7,16-21,28H2. The van der Waals surface area contributed by atoms with Crippen LogP contribution in [-0.4, -0.2) is 36.2 Å². The molecule has 0 aliphatic carbocycles. The van der Waals surface area contributed by atoms with Crippen LogP contribution < -0.4 is 10.5 Å². The summed E-state index contributed by atoms with van der Waals surface area (Å²) in [6.07, 6.45) is 2.93. The van der Waals surface area contributed by atoms with E-state index in [1.54, 1.807) is 0 Å². The lowest BCUT2D eigenvalue weighted by Gasteiger charge is -2.42. The summed E-state index contributed by atoms with van der Waals surface area (Å²) in [4.78, 5) is 2.49. The van der Waals surface area contributed by atoms with E-state index in [0.717, 1.165) is 61.5 Å². The van der Waals surface area contributed by atoms with E-state index in [1.165, 1.54) is 0 Å². The average molecular weight is 417 g/mol. The third kappa shape index (κ3) is 5.09. The molecule has 31 heavy (non-hydrogen) atoms. The topological polar surface area (TPSA) is 58.7 Å². The zero-order valence-electron chi connectivity index (χ0n) is 18.0. The SMILES string of the molecule is Nc1ccc(OCCCN2CCC(C(O)(c3ccccc3)c3ccccc3)CC2)cc1. The fraction of sp³-hybridized carbons (Fsp3) is 0.333. The van der Waals surface area contributed by atoms with Gasteiger partial charge in [-0.25, -0.2) is 0 Å². The van der Waals surface area contributed by atoms with Crippen LogP contribution in [0.15, 0.2) is 84.9 Å². The van der Waals surface area contributed by atoms with Crippen LogP contribution in [0.1, 0.15) is 30.4 Å². The van der Waals surface area contributed by atoms with Crippen molar-refractivity contribution in [1.82, 2.24) is 4.90 Å². The molecule has 3 N–H and O–H groups in total. The van der Waals surface area contributed by atoms with Crippen molar-refractivity contribution >= 4 is 5.69 Å². The minimum absolute atomic E-state index is 0.194. The van der Waals surface area contributed by atoms with Gasteiger partial charge in [0.1, 0.15) is 11.4 Å². The molecule has 4 heteroatoms. The van der Waals surface area contributed by atoms with Crippen molar-refractivity contribution in [2.75, 3.05) is 32.0 Å². The first-order valence-electron chi connectivity index (χ1n) is 11.2. The highest BCUT2D eigenvalue weighted by Gasteiger charge is 2.41. The number of piperidine rings is 1. The number of rotatable bonds is 8. The molecular weight excluding hydrogens is 384 g/mol. The normalized spacial score (nSPS) is 15.6. The van der Waals surface area contributed by atoms with Crippen molar-refractivity contribution in [2.45, 2.75) is 24.9 Å². The fourth-order valence-electron chi connectivity index (χ4n) is 4.64. The van der Waals surface area contributed by atoms with Gasteiger partial charge in [0.2, 0.25) is 0 Å². The van der Waals surface area contributed by atoms with Gasteiger partial charge in [0.05, 0.1) is 6.61 Å². The van der Waals surface area contributed by atoms with Crippen molar-refractivity contribution in [3.05, 3.63) is 96.1 Å². The highest BCUT2D eigenvalue weighted by molar-refractivity contribution is 5.41. The molecule has 0 unspecified atom stereocenters. The molecule has 1 saturated heterocycles.